The van der Waals surface area contributed by atoms with Gasteiger partial charge in [-0.25, -0.2) is 4.98 Å². The molecule has 1 N–H and O–H groups in total. The summed E-state index contributed by atoms with van der Waals surface area (Å²) in [6.07, 6.45) is 0.710. The summed E-state index contributed by atoms with van der Waals surface area (Å²) in [6.45, 7) is 1.37. The van der Waals surface area contributed by atoms with Crippen LogP contribution in [-0.2, 0) is 10.9 Å². The molecule has 1 saturated heterocycles. The maximum atomic E-state index is 12.9. The van der Waals surface area contributed by atoms with Gasteiger partial charge in [0.15, 0.2) is 0 Å². The number of imidazole rings is 1. The van der Waals surface area contributed by atoms with E-state index in [2.05, 4.69) is 10.3 Å². The molecule has 1 aromatic carbocycles. The topological polar surface area (TPSA) is 64.9 Å². The number of nitrogens with one attached hydrogen (secondary N) is 1. The molecule has 3 aromatic rings. The van der Waals surface area contributed by atoms with Gasteiger partial charge in [0.05, 0.1) is 23.9 Å². The number of hydrogen-bond donors (Lipinski definition) is 1. The van der Waals surface area contributed by atoms with Crippen LogP contribution in [0.15, 0.2) is 42.7 Å². The largest absolute Gasteiger partial charge is 0.496 e. The number of methoxy groups -OCH3 is 1. The molecular formula is C21H20F3N3O3. The molecule has 4 rings (SSSR count). The Labute approximate surface area is 170 Å². The number of amides is 1. The molecule has 0 aliphatic carbocycles. The second kappa shape index (κ2) is 7.98. The molecule has 0 radical (unpaired) electrons. The number of halogens is 3. The second-order valence-electron chi connectivity index (χ2n) is 7.11. The summed E-state index contributed by atoms with van der Waals surface area (Å²) in [7, 11) is 1.43. The van der Waals surface area contributed by atoms with Gasteiger partial charge in [-0.1, -0.05) is 6.07 Å². The van der Waals surface area contributed by atoms with Crippen LogP contribution in [0.1, 0.15) is 40.4 Å². The lowest BCUT2D eigenvalue weighted by Crippen LogP contribution is -2.15. The first-order valence-electron chi connectivity index (χ1n) is 9.48. The van der Waals surface area contributed by atoms with Crippen molar-refractivity contribution in [3.63, 3.8) is 0 Å². The molecular weight excluding hydrogens is 399 g/mol. The zero-order chi connectivity index (χ0) is 21.3. The Hall–Kier alpha value is -3.07. The number of alkyl halides is 3. The third-order valence-corrected chi connectivity index (χ3v) is 5.13. The van der Waals surface area contributed by atoms with Crippen LogP contribution in [0.4, 0.5) is 18.9 Å². The Morgan fingerprint density at radius 1 is 1.23 bits per heavy atom. The molecule has 2 aromatic heterocycles. The van der Waals surface area contributed by atoms with E-state index in [1.807, 2.05) is 6.20 Å². The Bertz CT molecular complexity index is 1070. The van der Waals surface area contributed by atoms with Gasteiger partial charge in [-0.15, -0.1) is 0 Å². The van der Waals surface area contributed by atoms with Gasteiger partial charge in [-0.2, -0.15) is 13.2 Å². The fourth-order valence-electron chi connectivity index (χ4n) is 3.54. The SMILES string of the molecule is COc1cc2nc(C3CCOCC3)cn2cc1C(=O)Nc1cccc(C(F)(F)F)c1. The average Bonchev–Trinajstić information content (AvgIpc) is 3.16. The van der Waals surface area contributed by atoms with Crippen LogP contribution in [-0.4, -0.2) is 35.6 Å². The first kappa shape index (κ1) is 20.2. The molecule has 0 saturated carbocycles. The molecule has 6 nitrogen and oxygen atoms in total. The molecule has 158 valence electrons. The fraction of sp³-hybridized carbons (Fsp3) is 0.333. The number of nitrogens with zero attached hydrogens (tertiary/aromatic N) is 2. The number of hydrogen-bond acceptors (Lipinski definition) is 4. The van der Waals surface area contributed by atoms with Gasteiger partial charge >= 0.3 is 6.18 Å². The molecule has 1 aliphatic heterocycles. The lowest BCUT2D eigenvalue weighted by Gasteiger charge is -2.19. The Morgan fingerprint density at radius 2 is 2.00 bits per heavy atom. The molecule has 0 unspecified atom stereocenters. The van der Waals surface area contributed by atoms with Crippen LogP contribution >= 0.6 is 0 Å². The number of pyridine rings is 1. The van der Waals surface area contributed by atoms with Crippen LogP contribution in [0.2, 0.25) is 0 Å². The molecule has 9 heteroatoms. The number of benzene rings is 1. The number of rotatable bonds is 4. The summed E-state index contributed by atoms with van der Waals surface area (Å²) in [6, 6.07) is 6.13. The molecule has 1 amide bonds. The first-order chi connectivity index (χ1) is 14.3. The van der Waals surface area contributed by atoms with Crippen molar-refractivity contribution in [3.8, 4) is 5.75 Å². The Kier molecular flexibility index (Phi) is 5.38. The van der Waals surface area contributed by atoms with Crippen molar-refractivity contribution in [2.45, 2.75) is 24.9 Å². The van der Waals surface area contributed by atoms with Crippen molar-refractivity contribution in [2.75, 3.05) is 25.6 Å². The lowest BCUT2D eigenvalue weighted by molar-refractivity contribution is -0.137. The fourth-order valence-corrected chi connectivity index (χ4v) is 3.54. The standard InChI is InChI=1S/C21H20F3N3O3/c1-29-18-10-19-26-17(13-5-7-30-8-6-13)12-27(19)11-16(18)20(28)25-15-4-2-3-14(9-15)21(22,23)24/h2-4,9-13H,5-8H2,1H3,(H,25,28). The highest BCUT2D eigenvalue weighted by atomic mass is 19.4. The molecule has 1 aliphatic rings. The van der Waals surface area contributed by atoms with Crippen molar-refractivity contribution < 1.29 is 27.4 Å². The highest BCUT2D eigenvalue weighted by molar-refractivity contribution is 6.06. The number of fused-ring (bicyclic) bond motifs is 1. The van der Waals surface area contributed by atoms with E-state index in [-0.39, 0.29) is 22.9 Å². The number of carbonyl (C=O) groups excluding carboxylic acids is 1. The monoisotopic (exact) mass is 419 g/mol. The first-order valence-corrected chi connectivity index (χ1v) is 9.48. The zero-order valence-corrected chi connectivity index (χ0v) is 16.2. The summed E-state index contributed by atoms with van der Waals surface area (Å²) in [4.78, 5) is 17.4. The van der Waals surface area contributed by atoms with E-state index in [0.717, 1.165) is 30.7 Å². The lowest BCUT2D eigenvalue weighted by atomic mass is 9.97. The smallest absolute Gasteiger partial charge is 0.416 e. The molecule has 1 fully saturated rings. The number of aromatic nitrogens is 2. The van der Waals surface area contributed by atoms with Crippen molar-refractivity contribution in [1.29, 1.82) is 0 Å². The van der Waals surface area contributed by atoms with Crippen molar-refractivity contribution in [3.05, 3.63) is 59.5 Å². The van der Waals surface area contributed by atoms with E-state index in [4.69, 9.17) is 9.47 Å². The van der Waals surface area contributed by atoms with Crippen molar-refractivity contribution in [1.82, 2.24) is 9.38 Å². The summed E-state index contributed by atoms with van der Waals surface area (Å²) in [5.74, 6) is -0.00229. The quantitative estimate of drug-likeness (QED) is 0.676. The van der Waals surface area contributed by atoms with E-state index in [1.165, 1.54) is 19.2 Å². The summed E-state index contributed by atoms with van der Waals surface area (Å²) in [5.41, 5.74) is 0.946. The maximum absolute atomic E-state index is 12.9. The van der Waals surface area contributed by atoms with E-state index < -0.39 is 17.6 Å². The van der Waals surface area contributed by atoms with Gasteiger partial charge in [-0.3, -0.25) is 4.79 Å². The summed E-state index contributed by atoms with van der Waals surface area (Å²) >= 11 is 0. The molecule has 0 bridgehead atoms. The van der Waals surface area contributed by atoms with E-state index in [9.17, 15) is 18.0 Å². The molecule has 0 atom stereocenters. The Morgan fingerprint density at radius 3 is 2.70 bits per heavy atom. The molecule has 3 heterocycles. The number of anilines is 1. The van der Waals surface area contributed by atoms with E-state index in [1.54, 1.807) is 16.7 Å². The minimum absolute atomic E-state index is 0.0468. The second-order valence-corrected chi connectivity index (χ2v) is 7.11. The summed E-state index contributed by atoms with van der Waals surface area (Å²) < 4.78 is 51.2. The average molecular weight is 419 g/mol. The minimum Gasteiger partial charge on any atom is -0.496 e. The van der Waals surface area contributed by atoms with Crippen LogP contribution < -0.4 is 10.1 Å². The van der Waals surface area contributed by atoms with Crippen LogP contribution in [0, 0.1) is 0 Å². The van der Waals surface area contributed by atoms with Gasteiger partial charge in [0.2, 0.25) is 0 Å². The Balaban J connectivity index is 1.63. The van der Waals surface area contributed by atoms with Crippen LogP contribution in [0.3, 0.4) is 0 Å². The third kappa shape index (κ3) is 4.11. The highest BCUT2D eigenvalue weighted by Gasteiger charge is 2.30. The van der Waals surface area contributed by atoms with E-state index >= 15 is 0 Å². The van der Waals surface area contributed by atoms with Crippen molar-refractivity contribution >= 4 is 17.2 Å². The van der Waals surface area contributed by atoms with Gasteiger partial charge < -0.3 is 19.2 Å². The zero-order valence-electron chi connectivity index (χ0n) is 16.2. The van der Waals surface area contributed by atoms with Gasteiger partial charge in [-0.05, 0) is 31.0 Å². The predicted octanol–water partition coefficient (Wildman–Crippen LogP) is 4.51. The van der Waals surface area contributed by atoms with Crippen LogP contribution in [0.5, 0.6) is 5.75 Å². The maximum Gasteiger partial charge on any atom is 0.416 e. The number of carbonyl (C=O) groups is 1. The van der Waals surface area contributed by atoms with Crippen molar-refractivity contribution in [2.24, 2.45) is 0 Å². The third-order valence-electron chi connectivity index (χ3n) is 5.13. The minimum atomic E-state index is -4.49. The number of ether oxygens (including phenoxy) is 2. The van der Waals surface area contributed by atoms with Gasteiger partial charge in [0, 0.05) is 43.3 Å². The van der Waals surface area contributed by atoms with Gasteiger partial charge in [0.1, 0.15) is 11.4 Å². The van der Waals surface area contributed by atoms with E-state index in [0.29, 0.717) is 18.9 Å². The van der Waals surface area contributed by atoms with Gasteiger partial charge in [0.25, 0.3) is 5.91 Å². The predicted molar refractivity (Wildman–Crippen MR) is 104 cm³/mol. The molecule has 0 spiro atoms. The van der Waals surface area contributed by atoms with Crippen LogP contribution in [0.25, 0.3) is 5.65 Å². The highest BCUT2D eigenvalue weighted by Crippen LogP contribution is 2.31. The molecule has 30 heavy (non-hydrogen) atoms. The summed E-state index contributed by atoms with van der Waals surface area (Å²) in [5, 5.41) is 2.51. The normalized spacial score (nSPS) is 15.3.